The predicted octanol–water partition coefficient (Wildman–Crippen LogP) is 1.69. The van der Waals surface area contributed by atoms with Crippen LogP contribution in [0.15, 0.2) is 84.9 Å². The van der Waals surface area contributed by atoms with Crippen molar-refractivity contribution in [3.05, 3.63) is 107 Å². The minimum atomic E-state index is -0.877. The summed E-state index contributed by atoms with van der Waals surface area (Å²) in [5.41, 5.74) is 7.25. The molecule has 0 radical (unpaired) electrons. The molecule has 0 saturated heterocycles. The van der Waals surface area contributed by atoms with Gasteiger partial charge in [-0.05, 0) is 35.4 Å². The highest BCUT2D eigenvalue weighted by molar-refractivity contribution is 5.98. The summed E-state index contributed by atoms with van der Waals surface area (Å²) >= 11 is 0. The summed E-state index contributed by atoms with van der Waals surface area (Å²) in [6, 6.07) is 23.3. The van der Waals surface area contributed by atoms with Crippen molar-refractivity contribution in [3.63, 3.8) is 0 Å². The Kier molecular flexibility index (Phi) is 7.91. The maximum absolute atomic E-state index is 13.0. The Balaban J connectivity index is 1.65. The number of nitrogens with two attached hydrogens (primary N) is 1. The van der Waals surface area contributed by atoms with Crippen LogP contribution >= 0.6 is 0 Å². The van der Waals surface area contributed by atoms with Crippen molar-refractivity contribution >= 4 is 23.6 Å². The fraction of sp³-hybridized carbons (Fsp3) is 0.120. The van der Waals surface area contributed by atoms with Crippen LogP contribution in [0.5, 0.6) is 0 Å². The van der Waals surface area contributed by atoms with Gasteiger partial charge in [-0.1, -0.05) is 60.7 Å². The van der Waals surface area contributed by atoms with Gasteiger partial charge in [0.25, 0.3) is 11.8 Å². The van der Waals surface area contributed by atoms with Crippen molar-refractivity contribution in [1.29, 1.82) is 0 Å². The van der Waals surface area contributed by atoms with Gasteiger partial charge in [0.15, 0.2) is 0 Å². The van der Waals surface area contributed by atoms with E-state index in [1.165, 1.54) is 0 Å². The lowest BCUT2D eigenvalue weighted by Gasteiger charge is -2.19. The maximum atomic E-state index is 13.0. The molecule has 5 N–H and O–H groups in total. The average Bonchev–Trinajstić information content (AvgIpc) is 2.85. The fourth-order valence-corrected chi connectivity index (χ4v) is 3.08. The molecule has 4 amide bonds. The molecular formula is C25H24N4O4. The molecule has 33 heavy (non-hydrogen) atoms. The Morgan fingerprint density at radius 3 is 1.88 bits per heavy atom. The Morgan fingerprint density at radius 2 is 1.27 bits per heavy atom. The molecule has 3 aromatic rings. The van der Waals surface area contributed by atoms with E-state index in [0.717, 1.165) is 5.56 Å². The van der Waals surface area contributed by atoms with Gasteiger partial charge in [0, 0.05) is 17.7 Å². The zero-order valence-electron chi connectivity index (χ0n) is 17.8. The molecule has 3 aromatic carbocycles. The van der Waals surface area contributed by atoms with Crippen molar-refractivity contribution < 1.29 is 19.2 Å². The SMILES string of the molecule is NC(=O)CNC(=O)c1ccc(CNC(=O)C(NC(=O)c2ccccc2)c2ccccc2)cc1. The quantitative estimate of drug-likeness (QED) is 0.400. The van der Waals surface area contributed by atoms with Crippen LogP contribution in [-0.2, 0) is 16.1 Å². The molecule has 8 nitrogen and oxygen atoms in total. The molecule has 0 heterocycles. The van der Waals surface area contributed by atoms with E-state index in [1.54, 1.807) is 72.8 Å². The summed E-state index contributed by atoms with van der Waals surface area (Å²) in [6.07, 6.45) is 0. The van der Waals surface area contributed by atoms with Crippen molar-refractivity contribution in [2.24, 2.45) is 5.73 Å². The molecule has 8 heteroatoms. The minimum absolute atomic E-state index is 0.201. The summed E-state index contributed by atoms with van der Waals surface area (Å²) in [4.78, 5) is 48.4. The van der Waals surface area contributed by atoms with E-state index in [0.29, 0.717) is 16.7 Å². The second kappa shape index (κ2) is 11.2. The molecule has 0 aliphatic carbocycles. The molecule has 168 valence electrons. The molecule has 0 aliphatic heterocycles. The van der Waals surface area contributed by atoms with Crippen molar-refractivity contribution in [1.82, 2.24) is 16.0 Å². The lowest BCUT2D eigenvalue weighted by molar-refractivity contribution is -0.123. The van der Waals surface area contributed by atoms with Crippen LogP contribution in [-0.4, -0.2) is 30.2 Å². The van der Waals surface area contributed by atoms with Gasteiger partial charge in [0.1, 0.15) is 6.04 Å². The highest BCUT2D eigenvalue weighted by atomic mass is 16.2. The summed E-state index contributed by atoms with van der Waals surface area (Å²) in [5, 5.41) is 8.03. The van der Waals surface area contributed by atoms with E-state index in [4.69, 9.17) is 5.73 Å². The molecule has 0 aliphatic rings. The van der Waals surface area contributed by atoms with Gasteiger partial charge < -0.3 is 21.7 Å². The van der Waals surface area contributed by atoms with Gasteiger partial charge in [0.05, 0.1) is 6.54 Å². The zero-order chi connectivity index (χ0) is 23.6. The normalized spacial score (nSPS) is 11.2. The van der Waals surface area contributed by atoms with Gasteiger partial charge in [0.2, 0.25) is 11.8 Å². The van der Waals surface area contributed by atoms with Crippen LogP contribution in [0, 0.1) is 0 Å². The summed E-state index contributed by atoms with van der Waals surface area (Å²) < 4.78 is 0. The van der Waals surface area contributed by atoms with E-state index in [1.807, 2.05) is 12.1 Å². The van der Waals surface area contributed by atoms with E-state index in [9.17, 15) is 19.2 Å². The van der Waals surface area contributed by atoms with Gasteiger partial charge in [-0.3, -0.25) is 19.2 Å². The summed E-state index contributed by atoms with van der Waals surface area (Å²) in [7, 11) is 0. The van der Waals surface area contributed by atoms with Gasteiger partial charge >= 0.3 is 0 Å². The lowest BCUT2D eigenvalue weighted by atomic mass is 10.0. The molecule has 1 unspecified atom stereocenters. The van der Waals surface area contributed by atoms with Crippen LogP contribution < -0.4 is 21.7 Å². The Hall–Kier alpha value is -4.46. The number of primary amides is 1. The van der Waals surface area contributed by atoms with E-state index >= 15 is 0 Å². The predicted molar refractivity (Wildman–Crippen MR) is 123 cm³/mol. The first-order valence-corrected chi connectivity index (χ1v) is 10.3. The van der Waals surface area contributed by atoms with E-state index in [-0.39, 0.29) is 24.9 Å². The molecule has 0 spiro atoms. The van der Waals surface area contributed by atoms with Crippen LogP contribution in [0.1, 0.15) is 37.9 Å². The Labute approximate surface area is 191 Å². The van der Waals surface area contributed by atoms with Crippen LogP contribution in [0.25, 0.3) is 0 Å². The Bertz CT molecular complexity index is 1120. The third-order valence-corrected chi connectivity index (χ3v) is 4.81. The molecule has 3 rings (SSSR count). The van der Waals surface area contributed by atoms with Gasteiger partial charge in [-0.2, -0.15) is 0 Å². The summed E-state index contributed by atoms with van der Waals surface area (Å²) in [6.45, 7) is -0.0429. The van der Waals surface area contributed by atoms with Crippen LogP contribution in [0.2, 0.25) is 0 Å². The first-order valence-electron chi connectivity index (χ1n) is 10.3. The molecular weight excluding hydrogens is 420 g/mol. The number of carbonyl (C=O) groups is 4. The zero-order valence-corrected chi connectivity index (χ0v) is 17.8. The Morgan fingerprint density at radius 1 is 0.697 bits per heavy atom. The monoisotopic (exact) mass is 444 g/mol. The standard InChI is InChI=1S/C25H24N4O4/c26-21(30)16-28-23(31)20-13-11-17(12-14-20)15-27-25(33)22(18-7-3-1-4-8-18)29-24(32)19-9-5-2-6-10-19/h1-14,22H,15-16H2,(H2,26,30)(H,27,33)(H,28,31)(H,29,32). The topological polar surface area (TPSA) is 130 Å². The fourth-order valence-electron chi connectivity index (χ4n) is 3.08. The molecule has 0 saturated carbocycles. The number of amides is 4. The molecule has 0 bridgehead atoms. The number of hydrogen-bond acceptors (Lipinski definition) is 4. The number of nitrogens with one attached hydrogen (secondary N) is 3. The van der Waals surface area contributed by atoms with Crippen molar-refractivity contribution in [2.45, 2.75) is 12.6 Å². The lowest BCUT2D eigenvalue weighted by Crippen LogP contribution is -2.40. The largest absolute Gasteiger partial charge is 0.368 e. The maximum Gasteiger partial charge on any atom is 0.252 e. The number of rotatable bonds is 9. The van der Waals surface area contributed by atoms with Crippen LogP contribution in [0.4, 0.5) is 0 Å². The second-order valence-electron chi connectivity index (χ2n) is 7.25. The van der Waals surface area contributed by atoms with Crippen LogP contribution in [0.3, 0.4) is 0 Å². The molecule has 0 aromatic heterocycles. The molecule has 0 fully saturated rings. The first-order chi connectivity index (χ1) is 15.9. The number of benzene rings is 3. The third kappa shape index (κ3) is 6.76. The first kappa shape index (κ1) is 23.2. The minimum Gasteiger partial charge on any atom is -0.368 e. The molecule has 1 atom stereocenters. The average molecular weight is 444 g/mol. The van der Waals surface area contributed by atoms with E-state index in [2.05, 4.69) is 16.0 Å². The van der Waals surface area contributed by atoms with Crippen molar-refractivity contribution in [2.75, 3.05) is 6.54 Å². The van der Waals surface area contributed by atoms with Gasteiger partial charge in [-0.25, -0.2) is 0 Å². The third-order valence-electron chi connectivity index (χ3n) is 4.81. The highest BCUT2D eigenvalue weighted by Gasteiger charge is 2.23. The van der Waals surface area contributed by atoms with E-state index < -0.39 is 17.9 Å². The summed E-state index contributed by atoms with van der Waals surface area (Å²) in [5.74, 6) is -1.77. The number of carbonyl (C=O) groups excluding carboxylic acids is 4. The second-order valence-corrected chi connectivity index (χ2v) is 7.25. The van der Waals surface area contributed by atoms with Crippen molar-refractivity contribution in [3.8, 4) is 0 Å². The number of hydrogen-bond donors (Lipinski definition) is 4. The smallest absolute Gasteiger partial charge is 0.252 e. The highest BCUT2D eigenvalue weighted by Crippen LogP contribution is 2.15. The van der Waals surface area contributed by atoms with Gasteiger partial charge in [-0.15, -0.1) is 0 Å².